The van der Waals surface area contributed by atoms with Gasteiger partial charge in [-0.2, -0.15) is 0 Å². The summed E-state index contributed by atoms with van der Waals surface area (Å²) in [5.41, 5.74) is 2.22. The first-order valence-electron chi connectivity index (χ1n) is 6.88. The van der Waals surface area contributed by atoms with E-state index in [9.17, 15) is 0 Å². The monoisotopic (exact) mass is 386 g/mol. The fourth-order valence-electron chi connectivity index (χ4n) is 2.18. The van der Waals surface area contributed by atoms with E-state index < -0.39 is 0 Å². The first-order valence-corrected chi connectivity index (χ1v) is 8.43. The maximum Gasteiger partial charge on any atom is 0.0622 e. The van der Waals surface area contributed by atoms with Gasteiger partial charge in [-0.25, -0.2) is 0 Å². The first kappa shape index (κ1) is 16.8. The molecule has 1 aromatic heterocycles. The molecule has 1 N–H and O–H groups in total. The Kier molecular flexibility index (Phi) is 6.49. The van der Waals surface area contributed by atoms with Gasteiger partial charge in [0.1, 0.15) is 0 Å². The number of benzene rings is 1. The summed E-state index contributed by atoms with van der Waals surface area (Å²) in [6.45, 7) is 3.09. The average Bonchev–Trinajstić information content (AvgIpc) is 2.48. The van der Waals surface area contributed by atoms with Gasteiger partial charge in [0, 0.05) is 27.9 Å². The van der Waals surface area contributed by atoms with Gasteiger partial charge in [0.25, 0.3) is 0 Å². The Labute approximate surface area is 144 Å². The van der Waals surface area contributed by atoms with Crippen LogP contribution in [0, 0.1) is 0 Å². The molecule has 2 aromatic rings. The number of hydrogen-bond donors (Lipinski definition) is 1. The zero-order valence-electron chi connectivity index (χ0n) is 11.7. The molecule has 5 heteroatoms. The van der Waals surface area contributed by atoms with Crippen molar-refractivity contribution in [1.82, 2.24) is 10.3 Å². The molecule has 0 saturated heterocycles. The molecular formula is C16H17BrCl2N2. The van der Waals surface area contributed by atoms with Crippen molar-refractivity contribution in [1.29, 1.82) is 0 Å². The number of rotatable bonds is 6. The summed E-state index contributed by atoms with van der Waals surface area (Å²) in [5, 5.41) is 4.99. The minimum Gasteiger partial charge on any atom is -0.310 e. The van der Waals surface area contributed by atoms with Crippen LogP contribution in [0.2, 0.25) is 10.0 Å². The average molecular weight is 388 g/mol. The lowest BCUT2D eigenvalue weighted by Crippen LogP contribution is -2.24. The zero-order chi connectivity index (χ0) is 15.2. The predicted molar refractivity (Wildman–Crippen MR) is 93.1 cm³/mol. The van der Waals surface area contributed by atoms with Gasteiger partial charge in [0.2, 0.25) is 0 Å². The summed E-state index contributed by atoms with van der Waals surface area (Å²) < 4.78 is 1.05. The molecule has 1 unspecified atom stereocenters. The highest BCUT2D eigenvalue weighted by atomic mass is 79.9. The summed E-state index contributed by atoms with van der Waals surface area (Å²) in [5.74, 6) is 0. The molecule has 2 nitrogen and oxygen atoms in total. The third-order valence-electron chi connectivity index (χ3n) is 3.25. The first-order chi connectivity index (χ1) is 10.1. The lowest BCUT2D eigenvalue weighted by Gasteiger charge is -2.21. The molecule has 0 amide bonds. The Balaban J connectivity index is 2.30. The van der Waals surface area contributed by atoms with E-state index >= 15 is 0 Å². The van der Waals surface area contributed by atoms with Gasteiger partial charge in [-0.1, -0.05) is 46.1 Å². The van der Waals surface area contributed by atoms with Crippen LogP contribution in [0.5, 0.6) is 0 Å². The van der Waals surface area contributed by atoms with Crippen LogP contribution >= 0.6 is 39.1 Å². The third-order valence-corrected chi connectivity index (χ3v) is 4.55. The van der Waals surface area contributed by atoms with Crippen molar-refractivity contribution < 1.29 is 0 Å². The standard InChI is InChI=1S/C16H17BrCl2N2/c1-2-6-21-16(8-11-5-7-20-10-15(11)19)13-9-12(18)3-4-14(13)17/h3-5,7,9-10,16,21H,2,6,8H2,1H3. The summed E-state index contributed by atoms with van der Waals surface area (Å²) in [6, 6.07) is 7.96. The van der Waals surface area contributed by atoms with Crippen molar-refractivity contribution in [2.75, 3.05) is 6.54 Å². The molecule has 0 aliphatic heterocycles. The molecule has 0 bridgehead atoms. The molecule has 1 heterocycles. The number of nitrogens with one attached hydrogen (secondary N) is 1. The summed E-state index contributed by atoms with van der Waals surface area (Å²) in [7, 11) is 0. The molecule has 2 rings (SSSR count). The van der Waals surface area contributed by atoms with Gasteiger partial charge in [0.15, 0.2) is 0 Å². The maximum atomic E-state index is 6.23. The van der Waals surface area contributed by atoms with E-state index in [1.807, 2.05) is 24.3 Å². The highest BCUT2D eigenvalue weighted by Crippen LogP contribution is 2.30. The van der Waals surface area contributed by atoms with Gasteiger partial charge in [0.05, 0.1) is 5.02 Å². The van der Waals surface area contributed by atoms with Crippen molar-refractivity contribution in [3.8, 4) is 0 Å². The minimum atomic E-state index is 0.151. The van der Waals surface area contributed by atoms with E-state index in [2.05, 4.69) is 33.2 Å². The van der Waals surface area contributed by atoms with Crippen LogP contribution in [0.1, 0.15) is 30.5 Å². The number of aromatic nitrogens is 1. The van der Waals surface area contributed by atoms with E-state index in [-0.39, 0.29) is 6.04 Å². The van der Waals surface area contributed by atoms with Crippen molar-refractivity contribution in [2.45, 2.75) is 25.8 Å². The molecule has 0 aliphatic carbocycles. The fraction of sp³-hybridized carbons (Fsp3) is 0.312. The van der Waals surface area contributed by atoms with Gasteiger partial charge in [-0.3, -0.25) is 4.98 Å². The van der Waals surface area contributed by atoms with Gasteiger partial charge < -0.3 is 5.32 Å². The topological polar surface area (TPSA) is 24.9 Å². The highest BCUT2D eigenvalue weighted by molar-refractivity contribution is 9.10. The molecule has 0 aliphatic rings. The molecule has 112 valence electrons. The normalized spacial score (nSPS) is 12.4. The quantitative estimate of drug-likeness (QED) is 0.714. The summed E-state index contributed by atoms with van der Waals surface area (Å²) in [6.07, 6.45) is 5.31. The van der Waals surface area contributed by atoms with E-state index in [1.165, 1.54) is 0 Å². The number of nitrogens with zero attached hydrogens (tertiary/aromatic N) is 1. The van der Waals surface area contributed by atoms with Crippen molar-refractivity contribution in [2.24, 2.45) is 0 Å². The summed E-state index contributed by atoms with van der Waals surface area (Å²) in [4.78, 5) is 4.04. The van der Waals surface area contributed by atoms with Crippen LogP contribution in [-0.4, -0.2) is 11.5 Å². The Morgan fingerprint density at radius 1 is 1.29 bits per heavy atom. The molecule has 0 spiro atoms. The van der Waals surface area contributed by atoms with Crippen LogP contribution in [0.25, 0.3) is 0 Å². The molecule has 21 heavy (non-hydrogen) atoms. The van der Waals surface area contributed by atoms with Gasteiger partial charge in [-0.05, 0) is 54.8 Å². The van der Waals surface area contributed by atoms with Crippen LogP contribution in [0.3, 0.4) is 0 Å². The Hall–Kier alpha value is -0.610. The number of halogens is 3. The lowest BCUT2D eigenvalue weighted by molar-refractivity contribution is 0.527. The third kappa shape index (κ3) is 4.68. The lowest BCUT2D eigenvalue weighted by atomic mass is 9.99. The Morgan fingerprint density at radius 2 is 2.10 bits per heavy atom. The Bertz CT molecular complexity index is 605. The van der Waals surface area contributed by atoms with Crippen molar-refractivity contribution in [3.63, 3.8) is 0 Å². The van der Waals surface area contributed by atoms with E-state index in [1.54, 1.807) is 12.4 Å². The van der Waals surface area contributed by atoms with Crippen LogP contribution in [0.4, 0.5) is 0 Å². The second-order valence-corrected chi connectivity index (χ2v) is 6.54. The largest absolute Gasteiger partial charge is 0.310 e. The number of pyridine rings is 1. The molecule has 0 radical (unpaired) electrons. The van der Waals surface area contributed by atoms with E-state index in [0.717, 1.165) is 40.0 Å². The fourth-order valence-corrected chi connectivity index (χ4v) is 3.08. The van der Waals surface area contributed by atoms with Gasteiger partial charge in [-0.15, -0.1) is 0 Å². The minimum absolute atomic E-state index is 0.151. The van der Waals surface area contributed by atoms with Crippen LogP contribution in [0.15, 0.2) is 41.1 Å². The molecule has 0 saturated carbocycles. The highest BCUT2D eigenvalue weighted by Gasteiger charge is 2.16. The van der Waals surface area contributed by atoms with Crippen LogP contribution < -0.4 is 5.32 Å². The molecule has 0 fully saturated rings. The SMILES string of the molecule is CCCNC(Cc1ccncc1Cl)c1cc(Cl)ccc1Br. The second-order valence-electron chi connectivity index (χ2n) is 4.84. The zero-order valence-corrected chi connectivity index (χ0v) is 14.8. The van der Waals surface area contributed by atoms with E-state index in [4.69, 9.17) is 23.2 Å². The Morgan fingerprint density at radius 3 is 2.81 bits per heavy atom. The van der Waals surface area contributed by atoms with Crippen molar-refractivity contribution >= 4 is 39.1 Å². The van der Waals surface area contributed by atoms with Gasteiger partial charge >= 0.3 is 0 Å². The van der Waals surface area contributed by atoms with Crippen LogP contribution in [-0.2, 0) is 6.42 Å². The smallest absolute Gasteiger partial charge is 0.0622 e. The van der Waals surface area contributed by atoms with E-state index in [0.29, 0.717) is 5.02 Å². The molecular weight excluding hydrogens is 371 g/mol. The van der Waals surface area contributed by atoms with Crippen molar-refractivity contribution in [3.05, 3.63) is 62.3 Å². The number of hydrogen-bond acceptors (Lipinski definition) is 2. The molecule has 1 aromatic carbocycles. The summed E-state index contributed by atoms with van der Waals surface area (Å²) >= 11 is 16.0. The maximum absolute atomic E-state index is 6.23. The second kappa shape index (κ2) is 8.14. The molecule has 1 atom stereocenters. The predicted octanol–water partition coefficient (Wildman–Crippen LogP) is 5.43.